The molecule has 0 unspecified atom stereocenters. The number of nitrogens with one attached hydrogen (secondary N) is 2. The summed E-state index contributed by atoms with van der Waals surface area (Å²) in [4.78, 5) is 23.3. The Bertz CT molecular complexity index is 1130. The Morgan fingerprint density at radius 3 is 2.45 bits per heavy atom. The first-order valence-electron chi connectivity index (χ1n) is 9.58. The standard InChI is InChI=1S/C22H21FN6O2/c1-14(30)27-17-8-4-15(5-9-17)22(31)26-12-2-3-20-19(13-24)21(25)29(28-20)18-10-6-16(23)7-11-18/h4-11H,2-3,12,25H2,1H3,(H,26,31)(H,27,30). The molecule has 158 valence electrons. The predicted octanol–water partition coefficient (Wildman–Crippen LogP) is 2.79. The fourth-order valence-electron chi connectivity index (χ4n) is 3.02. The Kier molecular flexibility index (Phi) is 6.62. The van der Waals surface area contributed by atoms with Crippen LogP contribution in [0.15, 0.2) is 48.5 Å². The fraction of sp³-hybridized carbons (Fsp3) is 0.182. The van der Waals surface area contributed by atoms with Crippen molar-refractivity contribution in [3.05, 3.63) is 71.2 Å². The molecule has 0 aliphatic carbocycles. The highest BCUT2D eigenvalue weighted by atomic mass is 19.1. The molecule has 0 aliphatic rings. The summed E-state index contributed by atoms with van der Waals surface area (Å²) >= 11 is 0. The number of nitrogens with two attached hydrogens (primary N) is 1. The Hall–Kier alpha value is -4.19. The zero-order valence-electron chi connectivity index (χ0n) is 16.9. The lowest BCUT2D eigenvalue weighted by Gasteiger charge is -2.06. The van der Waals surface area contributed by atoms with Gasteiger partial charge >= 0.3 is 0 Å². The smallest absolute Gasteiger partial charge is 0.251 e. The van der Waals surface area contributed by atoms with Crippen LogP contribution in [0.2, 0.25) is 0 Å². The number of anilines is 2. The molecule has 3 aromatic rings. The van der Waals surface area contributed by atoms with Gasteiger partial charge in [-0.2, -0.15) is 10.4 Å². The predicted molar refractivity (Wildman–Crippen MR) is 114 cm³/mol. The molecule has 1 aromatic heterocycles. The van der Waals surface area contributed by atoms with Gasteiger partial charge in [0.2, 0.25) is 5.91 Å². The van der Waals surface area contributed by atoms with E-state index >= 15 is 0 Å². The monoisotopic (exact) mass is 420 g/mol. The van der Waals surface area contributed by atoms with Gasteiger partial charge in [0.15, 0.2) is 0 Å². The van der Waals surface area contributed by atoms with Crippen molar-refractivity contribution in [3.8, 4) is 11.8 Å². The molecule has 1 heterocycles. The molecule has 0 bridgehead atoms. The lowest BCUT2D eigenvalue weighted by molar-refractivity contribution is -0.114. The van der Waals surface area contributed by atoms with E-state index in [4.69, 9.17) is 5.73 Å². The van der Waals surface area contributed by atoms with Crippen molar-refractivity contribution in [1.29, 1.82) is 5.26 Å². The van der Waals surface area contributed by atoms with E-state index in [1.165, 1.54) is 35.9 Å². The van der Waals surface area contributed by atoms with Gasteiger partial charge in [0.05, 0.1) is 11.4 Å². The Morgan fingerprint density at radius 2 is 1.84 bits per heavy atom. The molecule has 0 radical (unpaired) electrons. The summed E-state index contributed by atoms with van der Waals surface area (Å²) in [7, 11) is 0. The van der Waals surface area contributed by atoms with Gasteiger partial charge in [0.25, 0.3) is 5.91 Å². The lowest BCUT2D eigenvalue weighted by atomic mass is 10.1. The molecular formula is C22H21FN6O2. The van der Waals surface area contributed by atoms with Crippen LogP contribution in [0.4, 0.5) is 15.9 Å². The number of aryl methyl sites for hydroxylation is 1. The van der Waals surface area contributed by atoms with Gasteiger partial charge in [-0.3, -0.25) is 9.59 Å². The maximum Gasteiger partial charge on any atom is 0.251 e. The molecule has 4 N–H and O–H groups in total. The first-order valence-corrected chi connectivity index (χ1v) is 9.58. The number of benzene rings is 2. The van der Waals surface area contributed by atoms with Crippen LogP contribution in [0.5, 0.6) is 0 Å². The Morgan fingerprint density at radius 1 is 1.16 bits per heavy atom. The number of carbonyl (C=O) groups is 2. The number of nitrogens with zero attached hydrogens (tertiary/aromatic N) is 3. The van der Waals surface area contributed by atoms with Gasteiger partial charge in [-0.15, -0.1) is 0 Å². The van der Waals surface area contributed by atoms with Crippen LogP contribution in [0.3, 0.4) is 0 Å². The highest BCUT2D eigenvalue weighted by molar-refractivity contribution is 5.95. The van der Waals surface area contributed by atoms with E-state index in [1.807, 2.05) is 0 Å². The number of carbonyl (C=O) groups excluding carboxylic acids is 2. The molecule has 0 spiro atoms. The SMILES string of the molecule is CC(=O)Nc1ccc(C(=O)NCCCc2nn(-c3ccc(F)cc3)c(N)c2C#N)cc1. The number of aromatic nitrogens is 2. The van der Waals surface area contributed by atoms with Gasteiger partial charge < -0.3 is 16.4 Å². The number of amides is 2. The van der Waals surface area contributed by atoms with Crippen molar-refractivity contribution in [3.63, 3.8) is 0 Å². The largest absolute Gasteiger partial charge is 0.382 e. The molecule has 9 heteroatoms. The van der Waals surface area contributed by atoms with Crippen molar-refractivity contribution in [2.45, 2.75) is 19.8 Å². The molecule has 3 rings (SSSR count). The summed E-state index contributed by atoms with van der Waals surface area (Å²) in [6.45, 7) is 1.79. The maximum atomic E-state index is 13.2. The van der Waals surface area contributed by atoms with Crippen LogP contribution in [0, 0.1) is 17.1 Å². The minimum atomic E-state index is -0.379. The van der Waals surface area contributed by atoms with Crippen molar-refractivity contribution in [2.24, 2.45) is 0 Å². The van der Waals surface area contributed by atoms with Crippen molar-refractivity contribution < 1.29 is 14.0 Å². The third-order valence-corrected chi connectivity index (χ3v) is 4.52. The molecule has 0 saturated heterocycles. The molecule has 0 fully saturated rings. The van der Waals surface area contributed by atoms with Gasteiger partial charge in [-0.25, -0.2) is 9.07 Å². The zero-order chi connectivity index (χ0) is 22.4. The van der Waals surface area contributed by atoms with Crippen LogP contribution in [-0.4, -0.2) is 28.1 Å². The molecule has 0 saturated carbocycles. The Labute approximate surface area is 178 Å². The summed E-state index contributed by atoms with van der Waals surface area (Å²) in [5.74, 6) is -0.620. The van der Waals surface area contributed by atoms with E-state index < -0.39 is 0 Å². The van der Waals surface area contributed by atoms with Crippen molar-refractivity contribution in [2.75, 3.05) is 17.6 Å². The lowest BCUT2D eigenvalue weighted by Crippen LogP contribution is -2.24. The normalized spacial score (nSPS) is 10.4. The van der Waals surface area contributed by atoms with E-state index in [0.717, 1.165) is 0 Å². The zero-order valence-corrected chi connectivity index (χ0v) is 16.9. The molecule has 0 aliphatic heterocycles. The molecule has 2 amide bonds. The van der Waals surface area contributed by atoms with E-state index in [2.05, 4.69) is 21.8 Å². The minimum absolute atomic E-state index is 0.184. The average molecular weight is 420 g/mol. The van der Waals surface area contributed by atoms with Gasteiger partial charge in [-0.1, -0.05) is 0 Å². The second-order valence-electron chi connectivity index (χ2n) is 6.82. The van der Waals surface area contributed by atoms with E-state index in [9.17, 15) is 19.2 Å². The van der Waals surface area contributed by atoms with E-state index in [1.54, 1.807) is 24.3 Å². The number of nitrogen functional groups attached to an aromatic ring is 1. The van der Waals surface area contributed by atoms with E-state index in [-0.39, 0.29) is 29.0 Å². The molecule has 0 atom stereocenters. The molecular weight excluding hydrogens is 399 g/mol. The van der Waals surface area contributed by atoms with Crippen LogP contribution in [0.1, 0.15) is 35.0 Å². The molecule has 8 nitrogen and oxygen atoms in total. The number of hydrogen-bond donors (Lipinski definition) is 3. The van der Waals surface area contributed by atoms with Crippen LogP contribution in [-0.2, 0) is 11.2 Å². The maximum absolute atomic E-state index is 13.2. The summed E-state index contributed by atoms with van der Waals surface area (Å²) < 4.78 is 14.6. The summed E-state index contributed by atoms with van der Waals surface area (Å²) in [5.41, 5.74) is 8.46. The fourth-order valence-corrected chi connectivity index (χ4v) is 3.02. The number of halogens is 1. The third kappa shape index (κ3) is 5.25. The number of rotatable bonds is 7. The van der Waals surface area contributed by atoms with Gasteiger partial charge in [0.1, 0.15) is 23.3 Å². The van der Waals surface area contributed by atoms with Crippen LogP contribution in [0.25, 0.3) is 5.69 Å². The van der Waals surface area contributed by atoms with Crippen molar-refractivity contribution in [1.82, 2.24) is 15.1 Å². The molecule has 2 aromatic carbocycles. The third-order valence-electron chi connectivity index (χ3n) is 4.52. The summed E-state index contributed by atoms with van der Waals surface area (Å²) in [6.07, 6.45) is 0.979. The highest BCUT2D eigenvalue weighted by Crippen LogP contribution is 2.21. The van der Waals surface area contributed by atoms with E-state index in [0.29, 0.717) is 42.0 Å². The Balaban J connectivity index is 1.58. The number of hydrogen-bond acceptors (Lipinski definition) is 5. The summed E-state index contributed by atoms with van der Waals surface area (Å²) in [6, 6.07) is 14.3. The average Bonchev–Trinajstić information content (AvgIpc) is 3.07. The van der Waals surface area contributed by atoms with Crippen LogP contribution < -0.4 is 16.4 Å². The first kappa shape index (κ1) is 21.5. The second kappa shape index (κ2) is 9.54. The van der Waals surface area contributed by atoms with Crippen molar-refractivity contribution >= 4 is 23.3 Å². The van der Waals surface area contributed by atoms with Gasteiger partial charge in [-0.05, 0) is 61.4 Å². The summed E-state index contributed by atoms with van der Waals surface area (Å²) in [5, 5.41) is 19.3. The highest BCUT2D eigenvalue weighted by Gasteiger charge is 2.16. The minimum Gasteiger partial charge on any atom is -0.382 e. The molecule has 31 heavy (non-hydrogen) atoms. The van der Waals surface area contributed by atoms with Gasteiger partial charge in [0, 0.05) is 24.7 Å². The first-order chi connectivity index (χ1) is 14.9. The van der Waals surface area contributed by atoms with Crippen LogP contribution >= 0.6 is 0 Å². The topological polar surface area (TPSA) is 126 Å². The quantitative estimate of drug-likeness (QED) is 0.507. The second-order valence-corrected chi connectivity index (χ2v) is 6.82. The number of nitriles is 1.